The molecule has 7 heteroatoms. The van der Waals surface area contributed by atoms with Crippen molar-refractivity contribution < 1.29 is 9.53 Å². The zero-order valence-electron chi connectivity index (χ0n) is 19.0. The lowest BCUT2D eigenvalue weighted by atomic mass is 10.1. The van der Waals surface area contributed by atoms with Gasteiger partial charge in [0.25, 0.3) is 11.5 Å². The summed E-state index contributed by atoms with van der Waals surface area (Å²) in [5, 5.41) is 12.6. The van der Waals surface area contributed by atoms with Gasteiger partial charge in [-0.15, -0.1) is 0 Å². The van der Waals surface area contributed by atoms with Gasteiger partial charge < -0.3 is 10.1 Å². The Hall–Kier alpha value is -3.92. The smallest absolute Gasteiger partial charge is 0.269 e. The van der Waals surface area contributed by atoms with Gasteiger partial charge >= 0.3 is 0 Å². The van der Waals surface area contributed by atoms with Crippen LogP contribution in [0.3, 0.4) is 0 Å². The predicted molar refractivity (Wildman–Crippen MR) is 126 cm³/mol. The molecule has 1 aliphatic carbocycles. The average molecular weight is 443 g/mol. The zero-order chi connectivity index (χ0) is 23.5. The van der Waals surface area contributed by atoms with Crippen molar-refractivity contribution in [3.8, 4) is 17.7 Å². The van der Waals surface area contributed by atoms with Gasteiger partial charge in [0.15, 0.2) is 0 Å². The molecule has 0 spiro atoms. The summed E-state index contributed by atoms with van der Waals surface area (Å²) in [6, 6.07) is 11.2. The van der Waals surface area contributed by atoms with E-state index >= 15 is 0 Å². The van der Waals surface area contributed by atoms with Crippen LogP contribution in [0.25, 0.3) is 11.7 Å². The van der Waals surface area contributed by atoms with Gasteiger partial charge in [-0.05, 0) is 68.5 Å². The highest BCUT2D eigenvalue weighted by Gasteiger charge is 2.22. The minimum atomic E-state index is -0.490. The highest BCUT2D eigenvalue weighted by molar-refractivity contribution is 6.02. The van der Waals surface area contributed by atoms with Crippen molar-refractivity contribution >= 4 is 17.6 Å². The third kappa shape index (κ3) is 4.51. The van der Waals surface area contributed by atoms with E-state index in [-0.39, 0.29) is 23.1 Å². The normalized spacial score (nSPS) is 14.3. The van der Waals surface area contributed by atoms with Crippen LogP contribution in [0.5, 0.6) is 11.6 Å². The van der Waals surface area contributed by atoms with E-state index in [1.54, 1.807) is 18.3 Å². The van der Waals surface area contributed by atoms with Crippen molar-refractivity contribution in [2.24, 2.45) is 0 Å². The monoisotopic (exact) mass is 442 g/mol. The molecule has 7 nitrogen and oxygen atoms in total. The molecule has 0 unspecified atom stereocenters. The van der Waals surface area contributed by atoms with Crippen LogP contribution in [0, 0.1) is 32.1 Å². The van der Waals surface area contributed by atoms with E-state index in [0.29, 0.717) is 11.4 Å². The van der Waals surface area contributed by atoms with Crippen molar-refractivity contribution in [3.05, 3.63) is 74.7 Å². The van der Waals surface area contributed by atoms with E-state index in [2.05, 4.69) is 10.3 Å². The third-order valence-electron chi connectivity index (χ3n) is 6.16. The molecule has 0 bridgehead atoms. The summed E-state index contributed by atoms with van der Waals surface area (Å²) in [7, 11) is 0. The number of aromatic nitrogens is 2. The van der Waals surface area contributed by atoms with Crippen molar-refractivity contribution in [1.29, 1.82) is 5.26 Å². The van der Waals surface area contributed by atoms with Gasteiger partial charge in [-0.2, -0.15) is 10.2 Å². The Morgan fingerprint density at radius 1 is 1.18 bits per heavy atom. The molecule has 33 heavy (non-hydrogen) atoms. The Kier molecular flexibility index (Phi) is 6.27. The fraction of sp³-hybridized carbons (Fsp3) is 0.308. The van der Waals surface area contributed by atoms with Crippen molar-refractivity contribution in [1.82, 2.24) is 14.7 Å². The second-order valence-corrected chi connectivity index (χ2v) is 8.45. The summed E-state index contributed by atoms with van der Waals surface area (Å²) < 4.78 is 7.52. The summed E-state index contributed by atoms with van der Waals surface area (Å²) in [4.78, 5) is 30.8. The topological polar surface area (TPSA) is 96.5 Å². The van der Waals surface area contributed by atoms with Crippen molar-refractivity contribution in [2.45, 2.75) is 52.5 Å². The van der Waals surface area contributed by atoms with Crippen molar-refractivity contribution in [2.75, 3.05) is 0 Å². The molecule has 2 aromatic heterocycles. The molecule has 3 aromatic rings. The molecule has 0 aliphatic heterocycles. The van der Waals surface area contributed by atoms with Crippen LogP contribution in [-0.4, -0.2) is 21.3 Å². The van der Waals surface area contributed by atoms with Crippen LogP contribution in [0.4, 0.5) is 0 Å². The van der Waals surface area contributed by atoms with Gasteiger partial charge in [-0.1, -0.05) is 31.0 Å². The molecule has 1 N–H and O–H groups in total. The first kappa shape index (κ1) is 22.3. The molecule has 0 saturated heterocycles. The maximum absolute atomic E-state index is 13.4. The summed E-state index contributed by atoms with van der Waals surface area (Å²) in [5.41, 5.74) is 2.69. The summed E-state index contributed by atoms with van der Waals surface area (Å²) in [5.74, 6) is 0.128. The molecule has 0 atom stereocenters. The number of ether oxygens (including phenoxy) is 1. The Labute approximate surface area is 192 Å². The van der Waals surface area contributed by atoms with Crippen LogP contribution in [0.1, 0.15) is 47.9 Å². The molecule has 168 valence electrons. The lowest BCUT2D eigenvalue weighted by Crippen LogP contribution is -2.33. The summed E-state index contributed by atoms with van der Waals surface area (Å²) in [6.07, 6.45) is 6.80. The average Bonchev–Trinajstić information content (AvgIpc) is 3.30. The third-order valence-corrected chi connectivity index (χ3v) is 6.16. The quantitative estimate of drug-likeness (QED) is 0.467. The molecule has 1 fully saturated rings. The predicted octanol–water partition coefficient (Wildman–Crippen LogP) is 4.38. The minimum absolute atomic E-state index is 0.0529. The van der Waals surface area contributed by atoms with Crippen LogP contribution < -0.4 is 15.6 Å². The maximum Gasteiger partial charge on any atom is 0.269 e. The number of aryl methyl sites for hydroxylation is 2. The first-order valence-electron chi connectivity index (χ1n) is 11.1. The number of fused-ring (bicyclic) bond motifs is 1. The first-order valence-corrected chi connectivity index (χ1v) is 11.1. The molecule has 1 aromatic carbocycles. The van der Waals surface area contributed by atoms with Gasteiger partial charge in [-0.3, -0.25) is 14.0 Å². The number of nitrogens with one attached hydrogen (secondary N) is 1. The Bertz CT molecular complexity index is 1360. The molecular weight excluding hydrogens is 416 g/mol. The number of rotatable bonds is 5. The van der Waals surface area contributed by atoms with E-state index in [4.69, 9.17) is 4.74 Å². The van der Waals surface area contributed by atoms with E-state index in [0.717, 1.165) is 42.4 Å². The molecule has 1 saturated carbocycles. The number of nitrogens with zero attached hydrogens (tertiary/aromatic N) is 3. The SMILES string of the molecule is Cc1cccc(Oc2nc3c(C)cccn3c(=O)c2/C=C(\C#N)C(=O)NC2CCCC2)c1C. The number of amides is 1. The number of carbonyl (C=O) groups excluding carboxylic acids is 1. The molecular formula is C26H26N4O3. The van der Waals surface area contributed by atoms with Crippen LogP contribution in [0.2, 0.25) is 0 Å². The molecule has 1 aliphatic rings. The van der Waals surface area contributed by atoms with E-state index in [1.807, 2.05) is 45.0 Å². The Morgan fingerprint density at radius 3 is 2.64 bits per heavy atom. The lowest BCUT2D eigenvalue weighted by Gasteiger charge is -2.14. The van der Waals surface area contributed by atoms with E-state index < -0.39 is 11.5 Å². The van der Waals surface area contributed by atoms with Gasteiger partial charge in [0.05, 0.1) is 0 Å². The van der Waals surface area contributed by atoms with Gasteiger partial charge in [-0.25, -0.2) is 0 Å². The maximum atomic E-state index is 13.4. The van der Waals surface area contributed by atoms with Gasteiger partial charge in [0.1, 0.15) is 28.6 Å². The fourth-order valence-electron chi connectivity index (χ4n) is 4.06. The van der Waals surface area contributed by atoms with Crippen LogP contribution in [0.15, 0.2) is 46.9 Å². The van der Waals surface area contributed by atoms with Crippen LogP contribution in [-0.2, 0) is 4.79 Å². The molecule has 1 amide bonds. The second kappa shape index (κ2) is 9.29. The highest BCUT2D eigenvalue weighted by Crippen LogP contribution is 2.29. The number of pyridine rings is 1. The van der Waals surface area contributed by atoms with E-state index in [9.17, 15) is 14.9 Å². The number of hydrogen-bond acceptors (Lipinski definition) is 5. The number of carbonyl (C=O) groups is 1. The number of nitriles is 1. The summed E-state index contributed by atoms with van der Waals surface area (Å²) >= 11 is 0. The Balaban J connectivity index is 1.85. The lowest BCUT2D eigenvalue weighted by molar-refractivity contribution is -0.117. The largest absolute Gasteiger partial charge is 0.438 e. The fourth-order valence-corrected chi connectivity index (χ4v) is 4.06. The van der Waals surface area contributed by atoms with Crippen LogP contribution >= 0.6 is 0 Å². The molecule has 0 radical (unpaired) electrons. The number of benzene rings is 1. The molecule has 2 heterocycles. The standard InChI is InChI=1S/C26H26N4O3/c1-16-8-6-12-22(18(16)3)33-25-21(26(32)30-13-7-9-17(2)23(30)29-25)14-19(15-27)24(31)28-20-10-4-5-11-20/h6-9,12-14,20H,4-5,10-11H2,1-3H3,(H,28,31)/b19-14+. The Morgan fingerprint density at radius 2 is 1.91 bits per heavy atom. The minimum Gasteiger partial charge on any atom is -0.438 e. The van der Waals surface area contributed by atoms with Crippen molar-refractivity contribution in [3.63, 3.8) is 0 Å². The molecule has 4 rings (SSSR count). The highest BCUT2D eigenvalue weighted by atomic mass is 16.5. The van der Waals surface area contributed by atoms with Gasteiger partial charge in [0.2, 0.25) is 5.88 Å². The van der Waals surface area contributed by atoms with Gasteiger partial charge in [0, 0.05) is 12.2 Å². The zero-order valence-corrected chi connectivity index (χ0v) is 19.0. The summed E-state index contributed by atoms with van der Waals surface area (Å²) in [6.45, 7) is 5.75. The van der Waals surface area contributed by atoms with E-state index in [1.165, 1.54) is 10.5 Å². The second-order valence-electron chi connectivity index (χ2n) is 8.45. The first-order chi connectivity index (χ1) is 15.9. The number of hydrogen-bond donors (Lipinski definition) is 1.